The minimum Gasteiger partial charge on any atom is -0.325 e. The molecule has 1 amide bonds. The summed E-state index contributed by atoms with van der Waals surface area (Å²) >= 11 is 7.84. The topological polar surface area (TPSA) is 29.1 Å². The molecule has 0 heterocycles. The van der Waals surface area contributed by atoms with E-state index in [0.29, 0.717) is 5.02 Å². The SMILES string of the molecule is CC(=O)N/C(=C\I)c1ccc(Cl)cc1. The van der Waals surface area contributed by atoms with Gasteiger partial charge in [-0.05, 0) is 17.7 Å². The highest BCUT2D eigenvalue weighted by Gasteiger charge is 2.01. The molecule has 0 saturated heterocycles. The van der Waals surface area contributed by atoms with E-state index in [9.17, 15) is 4.79 Å². The molecule has 4 heteroatoms. The summed E-state index contributed by atoms with van der Waals surface area (Å²) in [5, 5.41) is 3.42. The van der Waals surface area contributed by atoms with E-state index in [0.717, 1.165) is 11.3 Å². The second kappa shape index (κ2) is 5.36. The lowest BCUT2D eigenvalue weighted by molar-refractivity contribution is -0.117. The Morgan fingerprint density at radius 3 is 2.43 bits per heavy atom. The highest BCUT2D eigenvalue weighted by molar-refractivity contribution is 14.1. The van der Waals surface area contributed by atoms with Crippen molar-refractivity contribution in [2.24, 2.45) is 0 Å². The van der Waals surface area contributed by atoms with Crippen LogP contribution >= 0.6 is 34.2 Å². The molecule has 0 fully saturated rings. The number of carbonyl (C=O) groups excluding carboxylic acids is 1. The summed E-state index contributed by atoms with van der Waals surface area (Å²) in [7, 11) is 0. The monoisotopic (exact) mass is 321 g/mol. The summed E-state index contributed by atoms with van der Waals surface area (Å²) in [6.45, 7) is 1.48. The van der Waals surface area contributed by atoms with Crippen LogP contribution in [0.15, 0.2) is 28.3 Å². The minimum absolute atomic E-state index is 0.0807. The van der Waals surface area contributed by atoms with Crippen LogP contribution in [-0.4, -0.2) is 5.91 Å². The van der Waals surface area contributed by atoms with Crippen molar-refractivity contribution < 1.29 is 4.79 Å². The van der Waals surface area contributed by atoms with Gasteiger partial charge in [-0.1, -0.05) is 46.3 Å². The van der Waals surface area contributed by atoms with E-state index in [4.69, 9.17) is 11.6 Å². The Balaban J connectivity index is 2.91. The highest BCUT2D eigenvalue weighted by Crippen LogP contribution is 2.16. The van der Waals surface area contributed by atoms with Gasteiger partial charge in [-0.2, -0.15) is 0 Å². The van der Waals surface area contributed by atoms with E-state index in [1.54, 1.807) is 12.1 Å². The van der Waals surface area contributed by atoms with Gasteiger partial charge in [0.1, 0.15) is 0 Å². The first-order valence-electron chi connectivity index (χ1n) is 3.97. The smallest absolute Gasteiger partial charge is 0.221 e. The number of amides is 1. The van der Waals surface area contributed by atoms with Crippen molar-refractivity contribution in [3.8, 4) is 0 Å². The van der Waals surface area contributed by atoms with Crippen LogP contribution in [0.3, 0.4) is 0 Å². The lowest BCUT2D eigenvalue weighted by Gasteiger charge is -2.06. The van der Waals surface area contributed by atoms with Gasteiger partial charge in [0.05, 0.1) is 5.70 Å². The fraction of sp³-hybridized carbons (Fsp3) is 0.100. The zero-order valence-electron chi connectivity index (χ0n) is 7.55. The molecule has 1 N–H and O–H groups in total. The molecule has 14 heavy (non-hydrogen) atoms. The molecule has 0 saturated carbocycles. The molecule has 0 atom stereocenters. The molecule has 0 bridgehead atoms. The number of nitrogens with one attached hydrogen (secondary N) is 1. The fourth-order valence-electron chi connectivity index (χ4n) is 0.982. The molecule has 1 aromatic rings. The van der Waals surface area contributed by atoms with Crippen LogP contribution in [-0.2, 0) is 4.79 Å². The molecule has 0 aliphatic rings. The molecule has 1 rings (SSSR count). The normalized spacial score (nSPS) is 11.2. The average molecular weight is 322 g/mol. The molecular weight excluding hydrogens is 312 g/mol. The van der Waals surface area contributed by atoms with E-state index in [-0.39, 0.29) is 5.91 Å². The van der Waals surface area contributed by atoms with E-state index in [2.05, 4.69) is 27.9 Å². The quantitative estimate of drug-likeness (QED) is 0.833. The Kier molecular flexibility index (Phi) is 4.41. The molecule has 2 nitrogen and oxygen atoms in total. The number of hydrogen-bond donors (Lipinski definition) is 1. The summed E-state index contributed by atoms with van der Waals surface area (Å²) in [6, 6.07) is 7.31. The van der Waals surface area contributed by atoms with Gasteiger partial charge in [0.25, 0.3) is 0 Å². The van der Waals surface area contributed by atoms with Crippen molar-refractivity contribution >= 4 is 45.8 Å². The van der Waals surface area contributed by atoms with Crippen molar-refractivity contribution in [1.82, 2.24) is 5.32 Å². The number of benzene rings is 1. The maximum Gasteiger partial charge on any atom is 0.221 e. The number of carbonyl (C=O) groups is 1. The van der Waals surface area contributed by atoms with Crippen LogP contribution in [0.5, 0.6) is 0 Å². The molecule has 0 aromatic heterocycles. The average Bonchev–Trinajstić information content (AvgIpc) is 2.15. The summed E-state index contributed by atoms with van der Waals surface area (Å²) in [4.78, 5) is 10.9. The highest BCUT2D eigenvalue weighted by atomic mass is 127. The Morgan fingerprint density at radius 1 is 1.43 bits per heavy atom. The first-order chi connectivity index (χ1) is 6.63. The first kappa shape index (κ1) is 11.5. The van der Waals surface area contributed by atoms with Gasteiger partial charge in [-0.15, -0.1) is 0 Å². The summed E-state index contributed by atoms with van der Waals surface area (Å²) in [6.07, 6.45) is 0. The molecule has 0 radical (unpaired) electrons. The Hall–Kier alpha value is -0.550. The van der Waals surface area contributed by atoms with E-state index in [1.165, 1.54) is 6.92 Å². The van der Waals surface area contributed by atoms with Crippen molar-refractivity contribution in [2.75, 3.05) is 0 Å². The summed E-state index contributed by atoms with van der Waals surface area (Å²) in [5.41, 5.74) is 1.73. The Bertz CT molecular complexity index is 359. The third kappa shape index (κ3) is 3.31. The molecule has 0 unspecified atom stereocenters. The van der Waals surface area contributed by atoms with E-state index < -0.39 is 0 Å². The van der Waals surface area contributed by atoms with Crippen LogP contribution in [0.2, 0.25) is 5.02 Å². The fourth-order valence-corrected chi connectivity index (χ4v) is 1.62. The van der Waals surface area contributed by atoms with Crippen molar-refractivity contribution in [3.05, 3.63) is 38.9 Å². The van der Waals surface area contributed by atoms with Gasteiger partial charge >= 0.3 is 0 Å². The Labute approximate surface area is 101 Å². The van der Waals surface area contributed by atoms with Crippen molar-refractivity contribution in [2.45, 2.75) is 6.92 Å². The van der Waals surface area contributed by atoms with Crippen LogP contribution in [0.1, 0.15) is 12.5 Å². The van der Waals surface area contributed by atoms with Crippen LogP contribution in [0.25, 0.3) is 5.70 Å². The largest absolute Gasteiger partial charge is 0.325 e. The molecular formula is C10H9ClINO. The zero-order valence-corrected chi connectivity index (χ0v) is 10.5. The molecule has 74 valence electrons. The minimum atomic E-state index is -0.0807. The third-order valence-corrected chi connectivity index (χ3v) is 2.45. The zero-order chi connectivity index (χ0) is 10.6. The van der Waals surface area contributed by atoms with Crippen LogP contribution in [0, 0.1) is 0 Å². The van der Waals surface area contributed by atoms with Gasteiger partial charge in [-0.3, -0.25) is 4.79 Å². The molecule has 0 aliphatic carbocycles. The van der Waals surface area contributed by atoms with Crippen molar-refractivity contribution in [3.63, 3.8) is 0 Å². The van der Waals surface area contributed by atoms with Gasteiger partial charge < -0.3 is 5.32 Å². The van der Waals surface area contributed by atoms with Gasteiger partial charge in [0, 0.05) is 16.0 Å². The predicted octanol–water partition coefficient (Wildman–Crippen LogP) is 3.21. The lowest BCUT2D eigenvalue weighted by Crippen LogP contribution is -2.17. The van der Waals surface area contributed by atoms with Crippen LogP contribution < -0.4 is 5.32 Å². The number of halogens is 2. The lowest BCUT2D eigenvalue weighted by atomic mass is 10.2. The van der Waals surface area contributed by atoms with Crippen molar-refractivity contribution in [1.29, 1.82) is 0 Å². The third-order valence-electron chi connectivity index (χ3n) is 1.58. The first-order valence-corrected chi connectivity index (χ1v) is 5.59. The number of hydrogen-bond acceptors (Lipinski definition) is 1. The number of rotatable bonds is 2. The standard InChI is InChI=1S/C10H9ClINO/c1-7(14)13-10(6-12)8-2-4-9(11)5-3-8/h2-6H,1H3,(H,13,14)/b10-6-. The van der Waals surface area contributed by atoms with Gasteiger partial charge in [0.2, 0.25) is 5.91 Å². The Morgan fingerprint density at radius 2 is 2.00 bits per heavy atom. The molecule has 1 aromatic carbocycles. The van der Waals surface area contributed by atoms with Gasteiger partial charge in [0.15, 0.2) is 0 Å². The second-order valence-corrected chi connectivity index (χ2v) is 3.77. The van der Waals surface area contributed by atoms with E-state index >= 15 is 0 Å². The second-order valence-electron chi connectivity index (χ2n) is 2.71. The maximum absolute atomic E-state index is 10.9. The van der Waals surface area contributed by atoms with E-state index in [1.807, 2.05) is 16.2 Å². The molecule has 0 spiro atoms. The van der Waals surface area contributed by atoms with Gasteiger partial charge in [-0.25, -0.2) is 0 Å². The predicted molar refractivity (Wildman–Crippen MR) is 67.3 cm³/mol. The molecule has 0 aliphatic heterocycles. The summed E-state index contributed by atoms with van der Waals surface area (Å²) in [5.74, 6) is -0.0807. The van der Waals surface area contributed by atoms with Crippen LogP contribution in [0.4, 0.5) is 0 Å². The maximum atomic E-state index is 10.9. The summed E-state index contributed by atoms with van der Waals surface area (Å²) < 4.78 is 1.82.